The Balaban J connectivity index is 1.82. The number of likely N-dealkylation sites (tertiary alicyclic amines) is 1. The molecular formula is C15H19N3O2. The van der Waals surface area contributed by atoms with Crippen molar-refractivity contribution < 1.29 is 9.90 Å². The van der Waals surface area contributed by atoms with Crippen LogP contribution in [-0.4, -0.2) is 38.5 Å². The van der Waals surface area contributed by atoms with Crippen LogP contribution in [0.5, 0.6) is 0 Å². The zero-order valence-electron chi connectivity index (χ0n) is 11.6. The Morgan fingerprint density at radius 2 is 2.40 bits per heavy atom. The lowest BCUT2D eigenvalue weighted by Gasteiger charge is -2.19. The number of carboxylic acid groups (broad SMARTS) is 1. The van der Waals surface area contributed by atoms with Crippen molar-refractivity contribution in [2.45, 2.75) is 38.8 Å². The van der Waals surface area contributed by atoms with Crippen molar-refractivity contribution in [3.05, 3.63) is 29.6 Å². The maximum atomic E-state index is 11.2. The van der Waals surface area contributed by atoms with Crippen LogP contribution in [-0.2, 0) is 17.8 Å². The first-order chi connectivity index (χ1) is 9.67. The number of benzene rings is 1. The summed E-state index contributed by atoms with van der Waals surface area (Å²) in [6.45, 7) is 3.53. The van der Waals surface area contributed by atoms with Gasteiger partial charge in [-0.05, 0) is 43.5 Å². The molecule has 1 unspecified atom stereocenters. The van der Waals surface area contributed by atoms with E-state index in [0.717, 1.165) is 42.7 Å². The summed E-state index contributed by atoms with van der Waals surface area (Å²) in [4.78, 5) is 21.0. The maximum absolute atomic E-state index is 11.2. The highest BCUT2D eigenvalue weighted by atomic mass is 16.4. The molecule has 1 aromatic carbocycles. The van der Waals surface area contributed by atoms with Crippen LogP contribution in [0.15, 0.2) is 18.2 Å². The molecule has 1 aliphatic heterocycles. The summed E-state index contributed by atoms with van der Waals surface area (Å²) in [6.07, 6.45) is 2.67. The van der Waals surface area contributed by atoms with Gasteiger partial charge in [-0.25, -0.2) is 4.98 Å². The molecule has 5 heteroatoms. The number of aromatic nitrogens is 2. The Labute approximate surface area is 117 Å². The van der Waals surface area contributed by atoms with Crippen molar-refractivity contribution in [2.75, 3.05) is 6.54 Å². The van der Waals surface area contributed by atoms with Gasteiger partial charge in [-0.2, -0.15) is 0 Å². The van der Waals surface area contributed by atoms with E-state index in [1.165, 1.54) is 5.56 Å². The number of aliphatic carboxylic acids is 1. The molecule has 1 fully saturated rings. The van der Waals surface area contributed by atoms with Crippen molar-refractivity contribution in [2.24, 2.45) is 0 Å². The van der Waals surface area contributed by atoms with Gasteiger partial charge in [-0.15, -0.1) is 0 Å². The number of carbonyl (C=O) groups is 1. The molecule has 20 heavy (non-hydrogen) atoms. The van der Waals surface area contributed by atoms with Gasteiger partial charge in [0.15, 0.2) is 0 Å². The third-order valence-electron chi connectivity index (χ3n) is 4.01. The van der Waals surface area contributed by atoms with Crippen LogP contribution in [0.2, 0.25) is 0 Å². The van der Waals surface area contributed by atoms with E-state index < -0.39 is 5.97 Å². The topological polar surface area (TPSA) is 69.2 Å². The van der Waals surface area contributed by atoms with Gasteiger partial charge in [0.2, 0.25) is 0 Å². The van der Waals surface area contributed by atoms with Gasteiger partial charge in [-0.3, -0.25) is 9.69 Å². The molecule has 1 saturated heterocycles. The van der Waals surface area contributed by atoms with Crippen molar-refractivity contribution >= 4 is 17.0 Å². The molecule has 0 amide bonds. The summed E-state index contributed by atoms with van der Waals surface area (Å²) in [5, 5.41) is 9.20. The third kappa shape index (κ3) is 2.41. The summed E-state index contributed by atoms with van der Waals surface area (Å²) in [5.74, 6) is 0.119. The second kappa shape index (κ2) is 5.25. The fourth-order valence-electron chi connectivity index (χ4n) is 2.89. The quantitative estimate of drug-likeness (QED) is 0.895. The largest absolute Gasteiger partial charge is 0.480 e. The number of nitrogens with zero attached hydrogens (tertiary/aromatic N) is 2. The molecule has 2 N–H and O–H groups in total. The fourth-order valence-corrected chi connectivity index (χ4v) is 2.89. The molecule has 0 radical (unpaired) electrons. The van der Waals surface area contributed by atoms with Crippen LogP contribution in [0.1, 0.15) is 31.2 Å². The minimum atomic E-state index is -0.730. The predicted octanol–water partition coefficient (Wildman–Crippen LogP) is 2.17. The molecule has 1 aromatic heterocycles. The van der Waals surface area contributed by atoms with E-state index in [-0.39, 0.29) is 6.04 Å². The van der Waals surface area contributed by atoms with Crippen LogP contribution in [0, 0.1) is 0 Å². The number of imidazole rings is 1. The lowest BCUT2D eigenvalue weighted by molar-refractivity contribution is -0.142. The molecular weight excluding hydrogens is 254 g/mol. The van der Waals surface area contributed by atoms with Gasteiger partial charge in [-0.1, -0.05) is 13.0 Å². The van der Waals surface area contributed by atoms with Crippen LogP contribution >= 0.6 is 0 Å². The summed E-state index contributed by atoms with van der Waals surface area (Å²) >= 11 is 0. The molecule has 0 aliphatic carbocycles. The molecule has 0 saturated carbocycles. The minimum absolute atomic E-state index is 0.366. The Bertz CT molecular complexity index is 635. The molecule has 3 rings (SSSR count). The average molecular weight is 273 g/mol. The zero-order chi connectivity index (χ0) is 14.1. The molecule has 2 heterocycles. The van der Waals surface area contributed by atoms with E-state index in [1.807, 2.05) is 11.0 Å². The molecule has 0 bridgehead atoms. The van der Waals surface area contributed by atoms with Crippen molar-refractivity contribution in [1.82, 2.24) is 14.9 Å². The standard InChI is InChI=1S/C15H19N3O2/c1-2-10-5-6-11-12(8-10)17-14(16-11)9-18-7-3-4-13(18)15(19)20/h5-6,8,13H,2-4,7,9H2,1H3,(H,16,17)(H,19,20). The van der Waals surface area contributed by atoms with Gasteiger partial charge in [0.1, 0.15) is 11.9 Å². The zero-order valence-corrected chi connectivity index (χ0v) is 11.6. The molecule has 1 aliphatic rings. The second-order valence-electron chi connectivity index (χ2n) is 5.36. The highest BCUT2D eigenvalue weighted by Crippen LogP contribution is 2.21. The van der Waals surface area contributed by atoms with E-state index in [2.05, 4.69) is 29.0 Å². The summed E-state index contributed by atoms with van der Waals surface area (Å²) in [7, 11) is 0. The first kappa shape index (κ1) is 13.1. The van der Waals surface area contributed by atoms with Crippen LogP contribution in [0.4, 0.5) is 0 Å². The van der Waals surface area contributed by atoms with Crippen molar-refractivity contribution in [1.29, 1.82) is 0 Å². The molecule has 0 spiro atoms. The number of nitrogens with one attached hydrogen (secondary N) is 1. The van der Waals surface area contributed by atoms with Gasteiger partial charge >= 0.3 is 5.97 Å². The van der Waals surface area contributed by atoms with E-state index in [1.54, 1.807) is 0 Å². The average Bonchev–Trinajstić information content (AvgIpc) is 3.03. The van der Waals surface area contributed by atoms with Crippen LogP contribution < -0.4 is 0 Å². The molecule has 1 atom stereocenters. The SMILES string of the molecule is CCc1ccc2nc(CN3CCCC3C(=O)O)[nH]c2c1. The molecule has 5 nitrogen and oxygen atoms in total. The number of aryl methyl sites for hydroxylation is 1. The summed E-state index contributed by atoms with van der Waals surface area (Å²) < 4.78 is 0. The van der Waals surface area contributed by atoms with E-state index in [9.17, 15) is 9.90 Å². The number of H-pyrrole nitrogens is 1. The normalized spacial score (nSPS) is 19.8. The number of hydrogen-bond donors (Lipinski definition) is 2. The van der Waals surface area contributed by atoms with Crippen LogP contribution in [0.3, 0.4) is 0 Å². The Morgan fingerprint density at radius 3 is 3.15 bits per heavy atom. The van der Waals surface area contributed by atoms with Crippen molar-refractivity contribution in [3.63, 3.8) is 0 Å². The lowest BCUT2D eigenvalue weighted by Crippen LogP contribution is -2.35. The highest BCUT2D eigenvalue weighted by Gasteiger charge is 2.30. The summed E-state index contributed by atoms with van der Waals surface area (Å²) in [6, 6.07) is 5.86. The van der Waals surface area contributed by atoms with Crippen LogP contribution in [0.25, 0.3) is 11.0 Å². The fraction of sp³-hybridized carbons (Fsp3) is 0.467. The Morgan fingerprint density at radius 1 is 1.55 bits per heavy atom. The molecule has 2 aromatic rings. The first-order valence-corrected chi connectivity index (χ1v) is 7.11. The minimum Gasteiger partial charge on any atom is -0.480 e. The Hall–Kier alpha value is -1.88. The summed E-state index contributed by atoms with van der Waals surface area (Å²) in [5.41, 5.74) is 3.26. The monoisotopic (exact) mass is 273 g/mol. The van der Waals surface area contributed by atoms with E-state index >= 15 is 0 Å². The van der Waals surface area contributed by atoms with Gasteiger partial charge in [0.25, 0.3) is 0 Å². The lowest BCUT2D eigenvalue weighted by atomic mass is 10.1. The van der Waals surface area contributed by atoms with E-state index in [4.69, 9.17) is 0 Å². The van der Waals surface area contributed by atoms with E-state index in [0.29, 0.717) is 6.54 Å². The smallest absolute Gasteiger partial charge is 0.320 e. The molecule has 106 valence electrons. The number of aromatic amines is 1. The van der Waals surface area contributed by atoms with Crippen molar-refractivity contribution in [3.8, 4) is 0 Å². The number of carboxylic acids is 1. The van der Waals surface area contributed by atoms with Gasteiger partial charge < -0.3 is 10.1 Å². The number of rotatable bonds is 4. The third-order valence-corrected chi connectivity index (χ3v) is 4.01. The number of fused-ring (bicyclic) bond motifs is 1. The predicted molar refractivity (Wildman–Crippen MR) is 76.5 cm³/mol. The van der Waals surface area contributed by atoms with Gasteiger partial charge in [0, 0.05) is 0 Å². The maximum Gasteiger partial charge on any atom is 0.320 e. The number of hydrogen-bond acceptors (Lipinski definition) is 3. The second-order valence-corrected chi connectivity index (χ2v) is 5.36. The highest BCUT2D eigenvalue weighted by molar-refractivity contribution is 5.76. The first-order valence-electron chi connectivity index (χ1n) is 7.11. The Kier molecular flexibility index (Phi) is 3.44. The van der Waals surface area contributed by atoms with Gasteiger partial charge in [0.05, 0.1) is 17.6 Å².